The highest BCUT2D eigenvalue weighted by molar-refractivity contribution is 9.10. The van der Waals surface area contributed by atoms with E-state index in [-0.39, 0.29) is 5.84 Å². The zero-order valence-corrected chi connectivity index (χ0v) is 17.0. The van der Waals surface area contributed by atoms with Crippen molar-refractivity contribution in [3.63, 3.8) is 0 Å². The molecule has 0 bridgehead atoms. The Morgan fingerprint density at radius 2 is 2.10 bits per heavy atom. The molecule has 29 heavy (non-hydrogen) atoms. The SMILES string of the molecule is N=C(N)c1ccc2[nH]c(Cc3nc4cc(Br)ccc4n3C3=CC=C=CC3)nc2c1. The number of nitrogens with one attached hydrogen (secondary N) is 2. The lowest BCUT2D eigenvalue weighted by molar-refractivity contribution is 0.891. The maximum absolute atomic E-state index is 7.62. The largest absolute Gasteiger partial charge is 0.384 e. The maximum Gasteiger partial charge on any atom is 0.122 e. The number of fused-ring (bicyclic) bond motifs is 2. The summed E-state index contributed by atoms with van der Waals surface area (Å²) in [5.74, 6) is 1.77. The Morgan fingerprint density at radius 3 is 2.90 bits per heavy atom. The van der Waals surface area contributed by atoms with E-state index in [1.807, 2.05) is 42.5 Å². The van der Waals surface area contributed by atoms with Gasteiger partial charge in [-0.05, 0) is 54.6 Å². The van der Waals surface area contributed by atoms with Gasteiger partial charge < -0.3 is 10.7 Å². The molecule has 2 aromatic carbocycles. The molecule has 0 amide bonds. The van der Waals surface area contributed by atoms with Crippen molar-refractivity contribution in [2.75, 3.05) is 0 Å². The van der Waals surface area contributed by atoms with Crippen LogP contribution in [0.15, 0.2) is 64.8 Å². The molecule has 2 heterocycles. The standard InChI is InChI=1S/C22H17BrN6/c23-14-7-9-19-18(11-14)28-21(29(19)15-4-2-1-3-5-15)12-20-26-16-8-6-13(22(24)25)10-17(16)27-20/h2-4,6-11H,5,12H2,(H3,24,25)(H,26,27). The van der Waals surface area contributed by atoms with Gasteiger partial charge in [0.25, 0.3) is 0 Å². The van der Waals surface area contributed by atoms with Crippen LogP contribution in [0.3, 0.4) is 0 Å². The van der Waals surface area contributed by atoms with E-state index in [9.17, 15) is 0 Å². The topological polar surface area (TPSA) is 96.4 Å². The van der Waals surface area contributed by atoms with Gasteiger partial charge in [-0.25, -0.2) is 9.97 Å². The van der Waals surface area contributed by atoms with Crippen LogP contribution in [0, 0.1) is 5.41 Å². The summed E-state index contributed by atoms with van der Waals surface area (Å²) in [5, 5.41) is 7.62. The maximum atomic E-state index is 7.62. The van der Waals surface area contributed by atoms with Gasteiger partial charge in [-0.2, -0.15) is 0 Å². The molecule has 142 valence electrons. The number of H-pyrrole nitrogens is 1. The molecule has 4 N–H and O–H groups in total. The van der Waals surface area contributed by atoms with Crippen molar-refractivity contribution in [1.29, 1.82) is 5.41 Å². The number of rotatable bonds is 4. The number of imidazole rings is 2. The Kier molecular flexibility index (Phi) is 4.19. The van der Waals surface area contributed by atoms with Gasteiger partial charge in [-0.15, -0.1) is 5.73 Å². The molecule has 2 aromatic heterocycles. The molecule has 0 saturated heterocycles. The lowest BCUT2D eigenvalue weighted by Crippen LogP contribution is -2.10. The molecule has 0 saturated carbocycles. The van der Waals surface area contributed by atoms with Gasteiger partial charge in [0.15, 0.2) is 0 Å². The third kappa shape index (κ3) is 3.20. The second kappa shape index (κ2) is 6.88. The fourth-order valence-corrected chi connectivity index (χ4v) is 3.96. The second-order valence-electron chi connectivity index (χ2n) is 6.90. The number of nitrogens with two attached hydrogens (primary N) is 1. The third-order valence-corrected chi connectivity index (χ3v) is 5.44. The molecule has 0 fully saturated rings. The van der Waals surface area contributed by atoms with Crippen LogP contribution >= 0.6 is 15.9 Å². The number of benzene rings is 2. The van der Waals surface area contributed by atoms with E-state index < -0.39 is 0 Å². The van der Waals surface area contributed by atoms with Gasteiger partial charge >= 0.3 is 0 Å². The normalized spacial score (nSPS) is 13.3. The van der Waals surface area contributed by atoms with Gasteiger partial charge in [-0.1, -0.05) is 15.9 Å². The Morgan fingerprint density at radius 1 is 1.21 bits per heavy atom. The van der Waals surface area contributed by atoms with Gasteiger partial charge in [-0.3, -0.25) is 9.98 Å². The molecule has 1 aliphatic rings. The predicted octanol–water partition coefficient (Wildman–Crippen LogP) is 4.51. The zero-order chi connectivity index (χ0) is 20.0. The molecular formula is C22H17BrN6. The highest BCUT2D eigenvalue weighted by Crippen LogP contribution is 2.28. The summed E-state index contributed by atoms with van der Waals surface area (Å²) >= 11 is 3.54. The number of aromatic amines is 1. The lowest BCUT2D eigenvalue weighted by atomic mass is 10.2. The molecule has 1 aliphatic carbocycles. The number of halogens is 1. The molecule has 0 unspecified atom stereocenters. The molecular weight excluding hydrogens is 428 g/mol. The van der Waals surface area contributed by atoms with Crippen LogP contribution in [0.2, 0.25) is 0 Å². The molecule has 0 radical (unpaired) electrons. The number of hydrogen-bond donors (Lipinski definition) is 3. The van der Waals surface area contributed by atoms with E-state index in [2.05, 4.69) is 43.4 Å². The van der Waals surface area contributed by atoms with Crippen LogP contribution in [0.4, 0.5) is 0 Å². The van der Waals surface area contributed by atoms with Crippen LogP contribution < -0.4 is 5.73 Å². The number of nitrogen functional groups attached to an aromatic ring is 1. The Hall–Kier alpha value is -3.41. The van der Waals surface area contributed by atoms with E-state index in [1.54, 1.807) is 0 Å². The molecule has 4 aromatic rings. The van der Waals surface area contributed by atoms with Crippen LogP contribution in [-0.2, 0) is 6.42 Å². The molecule has 6 nitrogen and oxygen atoms in total. The Labute approximate surface area is 175 Å². The fourth-order valence-electron chi connectivity index (χ4n) is 3.61. The van der Waals surface area contributed by atoms with E-state index in [0.29, 0.717) is 12.0 Å². The van der Waals surface area contributed by atoms with Crippen LogP contribution in [0.1, 0.15) is 23.6 Å². The smallest absolute Gasteiger partial charge is 0.122 e. The third-order valence-electron chi connectivity index (χ3n) is 4.94. The van der Waals surface area contributed by atoms with Crippen molar-refractivity contribution in [3.8, 4) is 0 Å². The summed E-state index contributed by atoms with van der Waals surface area (Å²) in [6.45, 7) is 0. The fraction of sp³-hybridized carbons (Fsp3) is 0.0909. The lowest BCUT2D eigenvalue weighted by Gasteiger charge is -2.12. The number of hydrogen-bond acceptors (Lipinski definition) is 3. The average Bonchev–Trinajstić information content (AvgIpc) is 3.27. The van der Waals surface area contributed by atoms with Crippen LogP contribution in [-0.4, -0.2) is 25.4 Å². The summed E-state index contributed by atoms with van der Waals surface area (Å²) in [6.07, 6.45) is 7.38. The zero-order valence-electron chi connectivity index (χ0n) is 15.4. The average molecular weight is 445 g/mol. The summed E-state index contributed by atoms with van der Waals surface area (Å²) < 4.78 is 3.20. The van der Waals surface area contributed by atoms with E-state index >= 15 is 0 Å². The molecule has 7 heteroatoms. The van der Waals surface area contributed by atoms with Crippen molar-refractivity contribution in [2.24, 2.45) is 5.73 Å². The Bertz CT molecular complexity index is 1380. The monoisotopic (exact) mass is 444 g/mol. The predicted molar refractivity (Wildman–Crippen MR) is 119 cm³/mol. The van der Waals surface area contributed by atoms with Crippen molar-refractivity contribution >= 4 is 49.5 Å². The highest BCUT2D eigenvalue weighted by atomic mass is 79.9. The van der Waals surface area contributed by atoms with Crippen LogP contribution in [0.25, 0.3) is 27.8 Å². The number of amidine groups is 1. The minimum Gasteiger partial charge on any atom is -0.384 e. The summed E-state index contributed by atoms with van der Waals surface area (Å²) in [4.78, 5) is 13.0. The molecule has 5 rings (SSSR count). The quantitative estimate of drug-likeness (QED) is 0.245. The number of allylic oxidation sites excluding steroid dienone is 3. The number of nitrogens with zero attached hydrogens (tertiary/aromatic N) is 3. The van der Waals surface area contributed by atoms with Crippen molar-refractivity contribution in [2.45, 2.75) is 12.8 Å². The number of aromatic nitrogens is 4. The first kappa shape index (κ1) is 17.7. The van der Waals surface area contributed by atoms with E-state index in [0.717, 1.165) is 50.3 Å². The van der Waals surface area contributed by atoms with Gasteiger partial charge in [0.05, 0.1) is 28.5 Å². The molecule has 0 aliphatic heterocycles. The minimum absolute atomic E-state index is 0.0363. The summed E-state index contributed by atoms with van der Waals surface area (Å²) in [7, 11) is 0. The van der Waals surface area contributed by atoms with Crippen molar-refractivity contribution in [3.05, 3.63) is 82.0 Å². The summed E-state index contributed by atoms with van der Waals surface area (Å²) in [6, 6.07) is 11.7. The van der Waals surface area contributed by atoms with E-state index in [4.69, 9.17) is 21.1 Å². The first-order valence-corrected chi connectivity index (χ1v) is 9.98. The minimum atomic E-state index is 0.0363. The first-order chi connectivity index (χ1) is 14.1. The summed E-state index contributed by atoms with van der Waals surface area (Å²) in [5.41, 5.74) is 14.2. The molecule has 0 atom stereocenters. The molecule has 0 spiro atoms. The van der Waals surface area contributed by atoms with Crippen LogP contribution in [0.5, 0.6) is 0 Å². The Balaban J connectivity index is 1.61. The van der Waals surface area contributed by atoms with Gasteiger partial charge in [0.1, 0.15) is 17.5 Å². The van der Waals surface area contributed by atoms with Gasteiger partial charge in [0.2, 0.25) is 0 Å². The second-order valence-corrected chi connectivity index (χ2v) is 7.82. The van der Waals surface area contributed by atoms with Crippen molar-refractivity contribution in [1.82, 2.24) is 19.5 Å². The highest BCUT2D eigenvalue weighted by Gasteiger charge is 2.16. The van der Waals surface area contributed by atoms with Crippen molar-refractivity contribution < 1.29 is 0 Å². The van der Waals surface area contributed by atoms with Gasteiger partial charge in [0, 0.05) is 22.2 Å². The first-order valence-electron chi connectivity index (χ1n) is 9.19. The van der Waals surface area contributed by atoms with E-state index in [1.165, 1.54) is 0 Å².